The topological polar surface area (TPSA) is 78.4 Å². The van der Waals surface area contributed by atoms with Crippen molar-refractivity contribution in [2.45, 2.75) is 25.8 Å². The summed E-state index contributed by atoms with van der Waals surface area (Å²) in [5.74, 6) is -1.04. The first-order chi connectivity index (χ1) is 8.93. The van der Waals surface area contributed by atoms with Crippen LogP contribution in [0.3, 0.4) is 0 Å². The maximum atomic E-state index is 11.7. The molecule has 1 aromatic rings. The molecule has 0 aliphatic carbocycles. The fourth-order valence-corrected chi connectivity index (χ4v) is 2.46. The molecule has 0 heterocycles. The van der Waals surface area contributed by atoms with Crippen molar-refractivity contribution >= 4 is 51.9 Å². The molecule has 0 saturated carbocycles. The van der Waals surface area contributed by atoms with E-state index in [0.29, 0.717) is 23.6 Å². The number of benzene rings is 1. The summed E-state index contributed by atoms with van der Waals surface area (Å²) in [4.78, 5) is 22.6. The van der Waals surface area contributed by atoms with Gasteiger partial charge in [-0.2, -0.15) is 0 Å². The van der Waals surface area contributed by atoms with E-state index >= 15 is 0 Å². The average Bonchev–Trinajstić information content (AvgIpc) is 2.32. The molecule has 104 valence electrons. The molecule has 0 fully saturated rings. The maximum absolute atomic E-state index is 11.7. The van der Waals surface area contributed by atoms with Gasteiger partial charge in [0.2, 0.25) is 0 Å². The monoisotopic (exact) mass is 396 g/mol. The van der Waals surface area contributed by atoms with E-state index in [1.165, 1.54) is 0 Å². The zero-order valence-electron chi connectivity index (χ0n) is 10.2. The predicted octanol–water partition coefficient (Wildman–Crippen LogP) is 3.32. The molecule has 7 heteroatoms. The minimum atomic E-state index is -1.04. The molecule has 1 atom stereocenters. The number of carbonyl (C=O) groups is 2. The molecule has 5 nitrogen and oxygen atoms in total. The first-order valence-corrected chi connectivity index (χ1v) is 7.15. The highest BCUT2D eigenvalue weighted by Crippen LogP contribution is 2.22. The molecule has 0 unspecified atom stereocenters. The second kappa shape index (κ2) is 7.54. The minimum absolute atomic E-state index is 0.389. The van der Waals surface area contributed by atoms with E-state index in [1.807, 2.05) is 29.5 Å². The fourth-order valence-electron chi connectivity index (χ4n) is 1.45. The Balaban J connectivity index is 2.66. The van der Waals surface area contributed by atoms with Crippen LogP contribution < -0.4 is 10.6 Å². The van der Waals surface area contributed by atoms with Gasteiger partial charge in [-0.15, -0.1) is 0 Å². The summed E-state index contributed by atoms with van der Waals surface area (Å²) in [6.45, 7) is 1.86. The van der Waals surface area contributed by atoms with E-state index in [4.69, 9.17) is 16.7 Å². The third kappa shape index (κ3) is 5.23. The summed E-state index contributed by atoms with van der Waals surface area (Å²) in [5, 5.41) is 14.5. The molecule has 0 spiro atoms. The van der Waals surface area contributed by atoms with E-state index in [9.17, 15) is 9.59 Å². The standard InChI is InChI=1S/C12H14ClIN2O3/c1-2-3-10(11(17)18)16-12(19)15-9-5-4-7(13)6-8(9)14/h4-6,10H,2-3H2,1H3,(H,17,18)(H2,15,16,19)/t10-/m0/s1. The lowest BCUT2D eigenvalue weighted by Gasteiger charge is -2.15. The summed E-state index contributed by atoms with van der Waals surface area (Å²) in [6.07, 6.45) is 1.07. The second-order valence-corrected chi connectivity index (χ2v) is 5.50. The molecular weight excluding hydrogens is 383 g/mol. The van der Waals surface area contributed by atoms with Crippen LogP contribution in [0, 0.1) is 3.57 Å². The van der Waals surface area contributed by atoms with Crippen molar-refractivity contribution in [3.8, 4) is 0 Å². The summed E-state index contributed by atoms with van der Waals surface area (Å²) >= 11 is 7.85. The van der Waals surface area contributed by atoms with Crippen molar-refractivity contribution in [2.24, 2.45) is 0 Å². The van der Waals surface area contributed by atoms with Gasteiger partial charge < -0.3 is 15.7 Å². The smallest absolute Gasteiger partial charge is 0.326 e. The van der Waals surface area contributed by atoms with Crippen molar-refractivity contribution in [1.29, 1.82) is 0 Å². The summed E-state index contributed by atoms with van der Waals surface area (Å²) < 4.78 is 0.780. The number of carboxylic acid groups (broad SMARTS) is 1. The van der Waals surface area contributed by atoms with Crippen molar-refractivity contribution in [3.63, 3.8) is 0 Å². The number of halogens is 2. The van der Waals surface area contributed by atoms with Crippen LogP contribution in [-0.4, -0.2) is 23.1 Å². The Kier molecular flexibility index (Phi) is 6.36. The van der Waals surface area contributed by atoms with Gasteiger partial charge >= 0.3 is 12.0 Å². The number of nitrogens with one attached hydrogen (secondary N) is 2. The third-order valence-electron chi connectivity index (χ3n) is 2.36. The number of urea groups is 1. The summed E-state index contributed by atoms with van der Waals surface area (Å²) in [5.41, 5.74) is 0.586. The maximum Gasteiger partial charge on any atom is 0.326 e. The molecule has 1 aromatic carbocycles. The molecule has 0 aliphatic heterocycles. The van der Waals surface area contributed by atoms with Gasteiger partial charge in [0.15, 0.2) is 0 Å². The first kappa shape index (κ1) is 16.0. The lowest BCUT2D eigenvalue weighted by molar-refractivity contribution is -0.139. The number of anilines is 1. The third-order valence-corrected chi connectivity index (χ3v) is 3.49. The van der Waals surface area contributed by atoms with Gasteiger partial charge in [0.05, 0.1) is 5.69 Å². The summed E-state index contributed by atoms with van der Waals surface area (Å²) in [7, 11) is 0. The molecular formula is C12H14ClIN2O3. The molecule has 2 amide bonds. The van der Waals surface area contributed by atoms with Gasteiger partial charge in [-0.3, -0.25) is 0 Å². The Labute approximate surface area is 129 Å². The summed E-state index contributed by atoms with van der Waals surface area (Å²) in [6, 6.07) is 3.61. The van der Waals surface area contributed by atoms with Crippen LogP contribution in [-0.2, 0) is 4.79 Å². The predicted molar refractivity (Wildman–Crippen MR) is 82.7 cm³/mol. The van der Waals surface area contributed by atoms with Crippen LogP contribution in [0.25, 0.3) is 0 Å². The molecule has 19 heavy (non-hydrogen) atoms. The van der Waals surface area contributed by atoms with E-state index in [1.54, 1.807) is 18.2 Å². The SMILES string of the molecule is CCC[C@H](NC(=O)Nc1ccc(Cl)cc1I)C(=O)O. The minimum Gasteiger partial charge on any atom is -0.480 e. The van der Waals surface area contributed by atoms with Crippen molar-refractivity contribution in [1.82, 2.24) is 5.32 Å². The Bertz CT molecular complexity index is 482. The van der Waals surface area contributed by atoms with Crippen LogP contribution in [0.5, 0.6) is 0 Å². The van der Waals surface area contributed by atoms with E-state index < -0.39 is 18.0 Å². The van der Waals surface area contributed by atoms with Gasteiger partial charge in [0, 0.05) is 8.59 Å². The Morgan fingerprint density at radius 2 is 2.16 bits per heavy atom. The number of amides is 2. The zero-order valence-corrected chi connectivity index (χ0v) is 13.2. The van der Waals surface area contributed by atoms with Gasteiger partial charge in [-0.25, -0.2) is 9.59 Å². The van der Waals surface area contributed by atoms with Crippen molar-refractivity contribution < 1.29 is 14.7 Å². The largest absolute Gasteiger partial charge is 0.480 e. The van der Waals surface area contributed by atoms with Crippen molar-refractivity contribution in [2.75, 3.05) is 5.32 Å². The lowest BCUT2D eigenvalue weighted by Crippen LogP contribution is -2.42. The van der Waals surface area contributed by atoms with Crippen LogP contribution in [0.4, 0.5) is 10.5 Å². The van der Waals surface area contributed by atoms with Gasteiger partial charge in [0.1, 0.15) is 6.04 Å². The number of hydrogen-bond acceptors (Lipinski definition) is 2. The molecule has 3 N–H and O–H groups in total. The Morgan fingerprint density at radius 1 is 1.47 bits per heavy atom. The number of aliphatic carboxylic acids is 1. The highest BCUT2D eigenvalue weighted by atomic mass is 127. The Hall–Kier alpha value is -1.02. The van der Waals surface area contributed by atoms with Crippen LogP contribution in [0.1, 0.15) is 19.8 Å². The van der Waals surface area contributed by atoms with Crippen LogP contribution in [0.15, 0.2) is 18.2 Å². The molecule has 0 saturated heterocycles. The second-order valence-electron chi connectivity index (χ2n) is 3.90. The molecule has 0 aromatic heterocycles. The highest BCUT2D eigenvalue weighted by molar-refractivity contribution is 14.1. The molecule has 1 rings (SSSR count). The van der Waals surface area contributed by atoms with E-state index in [2.05, 4.69) is 10.6 Å². The van der Waals surface area contributed by atoms with Gasteiger partial charge in [-0.05, 0) is 47.2 Å². The normalized spacial score (nSPS) is 11.7. The molecule has 0 radical (unpaired) electrons. The average molecular weight is 397 g/mol. The van der Waals surface area contributed by atoms with Crippen LogP contribution >= 0.6 is 34.2 Å². The highest BCUT2D eigenvalue weighted by Gasteiger charge is 2.18. The quantitative estimate of drug-likeness (QED) is 0.668. The lowest BCUT2D eigenvalue weighted by atomic mass is 10.2. The number of rotatable bonds is 5. The van der Waals surface area contributed by atoms with E-state index in [0.717, 1.165) is 3.57 Å². The van der Waals surface area contributed by atoms with Gasteiger partial charge in [0.25, 0.3) is 0 Å². The number of hydrogen-bond donors (Lipinski definition) is 3. The number of carboxylic acids is 1. The van der Waals surface area contributed by atoms with Crippen LogP contribution in [0.2, 0.25) is 5.02 Å². The fraction of sp³-hybridized carbons (Fsp3) is 0.333. The Morgan fingerprint density at radius 3 is 2.68 bits per heavy atom. The number of carbonyl (C=O) groups excluding carboxylic acids is 1. The molecule has 0 bridgehead atoms. The zero-order chi connectivity index (χ0) is 14.4. The molecule has 0 aliphatic rings. The van der Waals surface area contributed by atoms with E-state index in [-0.39, 0.29) is 0 Å². The van der Waals surface area contributed by atoms with Crippen molar-refractivity contribution in [3.05, 3.63) is 26.8 Å². The first-order valence-electron chi connectivity index (χ1n) is 5.69. The van der Waals surface area contributed by atoms with Gasteiger partial charge in [-0.1, -0.05) is 24.9 Å².